The summed E-state index contributed by atoms with van der Waals surface area (Å²) in [6.45, 7) is 0. The Balaban J connectivity index is 2.08. The van der Waals surface area contributed by atoms with Crippen molar-refractivity contribution in [2.45, 2.75) is 12.8 Å². The number of carbonyl (C=O) groups is 1. The normalized spacial score (nSPS) is 16.6. The summed E-state index contributed by atoms with van der Waals surface area (Å²) in [7, 11) is 0. The maximum Gasteiger partial charge on any atom is 0.211 e. The summed E-state index contributed by atoms with van der Waals surface area (Å²) >= 11 is 0. The van der Waals surface area contributed by atoms with Gasteiger partial charge in [0.15, 0.2) is 11.5 Å². The number of ketones is 1. The third-order valence-electron chi connectivity index (χ3n) is 1.89. The summed E-state index contributed by atoms with van der Waals surface area (Å²) in [5.41, 5.74) is 5.44. The molecule has 2 rings (SSSR count). The van der Waals surface area contributed by atoms with Crippen molar-refractivity contribution >= 4 is 11.6 Å². The predicted molar refractivity (Wildman–Crippen MR) is 44.9 cm³/mol. The molecule has 0 spiro atoms. The highest BCUT2D eigenvalue weighted by Crippen LogP contribution is 2.30. The number of anilines is 1. The molecule has 0 aromatic carbocycles. The lowest BCUT2D eigenvalue weighted by Crippen LogP contribution is -2.00. The van der Waals surface area contributed by atoms with Crippen LogP contribution in [0, 0.1) is 5.92 Å². The molecular weight excluding hydrogens is 170 g/mol. The molecule has 1 aliphatic carbocycles. The average molecular weight is 179 g/mol. The first-order chi connectivity index (χ1) is 6.27. The summed E-state index contributed by atoms with van der Waals surface area (Å²) < 4.78 is 4.31. The van der Waals surface area contributed by atoms with Gasteiger partial charge in [-0.25, -0.2) is 4.63 Å². The van der Waals surface area contributed by atoms with E-state index < -0.39 is 0 Å². The number of nitrogens with two attached hydrogens (primary N) is 1. The van der Waals surface area contributed by atoms with Crippen LogP contribution in [-0.2, 0) is 0 Å². The zero-order valence-corrected chi connectivity index (χ0v) is 6.93. The highest BCUT2D eigenvalue weighted by atomic mass is 16.6. The van der Waals surface area contributed by atoms with Crippen molar-refractivity contribution in [3.05, 3.63) is 17.8 Å². The van der Waals surface area contributed by atoms with Gasteiger partial charge in [0.25, 0.3) is 0 Å². The summed E-state index contributed by atoms with van der Waals surface area (Å²) in [6, 6.07) is 0. The zero-order valence-electron chi connectivity index (χ0n) is 6.93. The highest BCUT2D eigenvalue weighted by molar-refractivity contribution is 6.05. The van der Waals surface area contributed by atoms with Crippen molar-refractivity contribution in [3.8, 4) is 0 Å². The second-order valence-corrected chi connectivity index (χ2v) is 3.06. The Hall–Kier alpha value is -1.65. The third kappa shape index (κ3) is 1.74. The van der Waals surface area contributed by atoms with E-state index in [0.29, 0.717) is 5.92 Å². The second kappa shape index (κ2) is 3.01. The van der Waals surface area contributed by atoms with E-state index in [1.54, 1.807) is 0 Å². The van der Waals surface area contributed by atoms with E-state index in [-0.39, 0.29) is 17.3 Å². The summed E-state index contributed by atoms with van der Waals surface area (Å²) in [5.74, 6) is 0.362. The molecule has 0 unspecified atom stereocenters. The number of allylic oxidation sites excluding steroid dienone is 2. The molecular formula is C8H9N3O2. The van der Waals surface area contributed by atoms with Gasteiger partial charge in [0, 0.05) is 0 Å². The molecule has 13 heavy (non-hydrogen) atoms. The zero-order chi connectivity index (χ0) is 9.26. The smallest absolute Gasteiger partial charge is 0.211 e. The molecule has 0 amide bonds. The van der Waals surface area contributed by atoms with E-state index in [1.807, 2.05) is 6.08 Å². The van der Waals surface area contributed by atoms with Gasteiger partial charge in [-0.3, -0.25) is 4.79 Å². The maximum atomic E-state index is 11.3. The minimum Gasteiger partial charge on any atom is -0.379 e. The molecule has 1 aromatic rings. The largest absolute Gasteiger partial charge is 0.379 e. The first-order valence-electron chi connectivity index (χ1n) is 4.08. The number of aromatic nitrogens is 2. The Morgan fingerprint density at radius 2 is 2.31 bits per heavy atom. The standard InChI is InChI=1S/C8H9N3O2/c9-8-7(10-13-11-8)6(12)4-3-5-1-2-5/h3-5H,1-2H2,(H2,9,11)/b4-3+. The Labute approximate surface area is 74.6 Å². The lowest BCUT2D eigenvalue weighted by molar-refractivity contribution is 0.103. The van der Waals surface area contributed by atoms with Crippen LogP contribution in [0.5, 0.6) is 0 Å². The Morgan fingerprint density at radius 1 is 1.54 bits per heavy atom. The van der Waals surface area contributed by atoms with Gasteiger partial charge in [-0.05, 0) is 35.1 Å². The molecule has 68 valence electrons. The van der Waals surface area contributed by atoms with E-state index >= 15 is 0 Å². The summed E-state index contributed by atoms with van der Waals surface area (Å²) in [5, 5.41) is 6.72. The Kier molecular flexibility index (Phi) is 1.84. The highest BCUT2D eigenvalue weighted by Gasteiger charge is 2.19. The van der Waals surface area contributed by atoms with Gasteiger partial charge in [-0.1, -0.05) is 6.08 Å². The molecule has 1 heterocycles. The lowest BCUT2D eigenvalue weighted by Gasteiger charge is -1.86. The van der Waals surface area contributed by atoms with Gasteiger partial charge < -0.3 is 5.73 Å². The first kappa shape index (κ1) is 7.97. The molecule has 2 N–H and O–H groups in total. The van der Waals surface area contributed by atoms with Crippen molar-refractivity contribution in [2.24, 2.45) is 5.92 Å². The monoisotopic (exact) mass is 179 g/mol. The molecule has 1 fully saturated rings. The van der Waals surface area contributed by atoms with Crippen molar-refractivity contribution in [1.82, 2.24) is 10.3 Å². The fourth-order valence-corrected chi connectivity index (χ4v) is 0.958. The number of hydrogen-bond donors (Lipinski definition) is 1. The minimum absolute atomic E-state index is 0.0467. The van der Waals surface area contributed by atoms with Crippen LogP contribution in [0.15, 0.2) is 16.8 Å². The van der Waals surface area contributed by atoms with Crippen molar-refractivity contribution in [1.29, 1.82) is 0 Å². The first-order valence-corrected chi connectivity index (χ1v) is 4.08. The molecule has 0 atom stereocenters. The predicted octanol–water partition coefficient (Wildman–Crippen LogP) is 0.801. The van der Waals surface area contributed by atoms with E-state index in [1.165, 1.54) is 6.08 Å². The fraction of sp³-hybridized carbons (Fsp3) is 0.375. The molecule has 1 aliphatic rings. The van der Waals surface area contributed by atoms with Gasteiger partial charge in [0.05, 0.1) is 0 Å². The fourth-order valence-electron chi connectivity index (χ4n) is 0.958. The van der Waals surface area contributed by atoms with E-state index in [4.69, 9.17) is 5.73 Å². The number of carbonyl (C=O) groups excluding carboxylic acids is 1. The molecule has 5 heteroatoms. The van der Waals surface area contributed by atoms with Crippen LogP contribution >= 0.6 is 0 Å². The van der Waals surface area contributed by atoms with Crippen molar-refractivity contribution < 1.29 is 9.42 Å². The number of hydrogen-bond acceptors (Lipinski definition) is 5. The third-order valence-corrected chi connectivity index (χ3v) is 1.89. The van der Waals surface area contributed by atoms with E-state index in [0.717, 1.165) is 12.8 Å². The quantitative estimate of drug-likeness (QED) is 0.548. The maximum absolute atomic E-state index is 11.3. The molecule has 0 saturated heterocycles. The minimum atomic E-state index is -0.245. The number of rotatable bonds is 3. The Bertz CT molecular complexity index is 352. The molecule has 5 nitrogen and oxygen atoms in total. The van der Waals surface area contributed by atoms with Gasteiger partial charge in [-0.2, -0.15) is 0 Å². The topological polar surface area (TPSA) is 82.0 Å². The van der Waals surface area contributed by atoms with Crippen LogP contribution in [0.3, 0.4) is 0 Å². The van der Waals surface area contributed by atoms with Gasteiger partial charge >= 0.3 is 0 Å². The van der Waals surface area contributed by atoms with Crippen LogP contribution in [0.4, 0.5) is 5.82 Å². The van der Waals surface area contributed by atoms with Crippen LogP contribution < -0.4 is 5.73 Å². The molecule has 0 bridgehead atoms. The second-order valence-electron chi connectivity index (χ2n) is 3.06. The summed E-state index contributed by atoms with van der Waals surface area (Å²) in [6.07, 6.45) is 5.68. The molecule has 1 saturated carbocycles. The van der Waals surface area contributed by atoms with Crippen LogP contribution in [0.2, 0.25) is 0 Å². The molecule has 0 aliphatic heterocycles. The van der Waals surface area contributed by atoms with Gasteiger partial charge in [0.2, 0.25) is 5.78 Å². The summed E-state index contributed by atoms with van der Waals surface area (Å²) in [4.78, 5) is 11.3. The van der Waals surface area contributed by atoms with E-state index in [9.17, 15) is 4.79 Å². The molecule has 0 radical (unpaired) electrons. The number of nitrogens with zero attached hydrogens (tertiary/aromatic N) is 2. The lowest BCUT2D eigenvalue weighted by atomic mass is 10.2. The van der Waals surface area contributed by atoms with Crippen LogP contribution in [-0.4, -0.2) is 16.1 Å². The van der Waals surface area contributed by atoms with Crippen LogP contribution in [0.25, 0.3) is 0 Å². The van der Waals surface area contributed by atoms with Crippen molar-refractivity contribution in [2.75, 3.05) is 5.73 Å². The average Bonchev–Trinajstić information content (AvgIpc) is 2.84. The van der Waals surface area contributed by atoms with Crippen molar-refractivity contribution in [3.63, 3.8) is 0 Å². The molecule has 1 aromatic heterocycles. The Morgan fingerprint density at radius 3 is 2.85 bits per heavy atom. The van der Waals surface area contributed by atoms with Crippen LogP contribution in [0.1, 0.15) is 23.3 Å². The van der Waals surface area contributed by atoms with Gasteiger partial charge in [-0.15, -0.1) is 0 Å². The van der Waals surface area contributed by atoms with Gasteiger partial charge in [0.1, 0.15) is 0 Å². The van der Waals surface area contributed by atoms with E-state index in [2.05, 4.69) is 14.9 Å². The number of nitrogen functional groups attached to an aromatic ring is 1. The SMILES string of the molecule is Nc1nonc1C(=O)/C=C/C1CC1.